The van der Waals surface area contributed by atoms with Crippen molar-refractivity contribution < 1.29 is 42.1 Å². The summed E-state index contributed by atoms with van der Waals surface area (Å²) in [6.07, 6.45) is 30.0. The molecule has 9 nitrogen and oxygen atoms in total. The van der Waals surface area contributed by atoms with Gasteiger partial charge in [-0.1, -0.05) is 162 Å². The van der Waals surface area contributed by atoms with Crippen LogP contribution in [0.15, 0.2) is 0 Å². The molecule has 2 atom stereocenters. The smallest absolute Gasteiger partial charge is 0.306 e. The van der Waals surface area contributed by atoms with Gasteiger partial charge in [-0.25, -0.2) is 0 Å². The van der Waals surface area contributed by atoms with Crippen molar-refractivity contribution in [3.05, 3.63) is 0 Å². The van der Waals surface area contributed by atoms with E-state index in [1.807, 2.05) is 21.1 Å². The molecule has 0 aromatic heterocycles. The molecule has 0 saturated heterocycles. The number of esters is 2. The van der Waals surface area contributed by atoms with Gasteiger partial charge in [-0.15, -0.1) is 0 Å². The highest BCUT2D eigenvalue weighted by Crippen LogP contribution is 2.38. The Morgan fingerprint density at radius 3 is 1.31 bits per heavy atom. The van der Waals surface area contributed by atoms with Gasteiger partial charge in [0.2, 0.25) is 0 Å². The number of phosphoric acid groups is 1. The molecule has 0 amide bonds. The number of quaternary nitrogens is 1. The van der Waals surface area contributed by atoms with Crippen LogP contribution in [0.2, 0.25) is 0 Å². The average molecular weight is 720 g/mol. The van der Waals surface area contributed by atoms with Crippen molar-refractivity contribution in [2.75, 3.05) is 47.5 Å². The minimum atomic E-state index is -4.61. The first kappa shape index (κ1) is 48.0. The molecular formula is C39H78NO8P. The van der Waals surface area contributed by atoms with E-state index in [4.69, 9.17) is 18.5 Å². The fraction of sp³-hybridized carbons (Fsp3) is 0.949. The third-order valence-electron chi connectivity index (χ3n) is 8.88. The molecule has 0 aliphatic carbocycles. The molecule has 0 spiro atoms. The average Bonchev–Trinajstić information content (AvgIpc) is 3.04. The molecule has 0 aliphatic rings. The van der Waals surface area contributed by atoms with Gasteiger partial charge >= 0.3 is 11.9 Å². The maximum atomic E-state index is 12.6. The van der Waals surface area contributed by atoms with Gasteiger partial charge in [0.05, 0.1) is 27.7 Å². The van der Waals surface area contributed by atoms with Crippen molar-refractivity contribution in [1.82, 2.24) is 0 Å². The number of hydrogen-bond acceptors (Lipinski definition) is 8. The lowest BCUT2D eigenvalue weighted by Crippen LogP contribution is -2.37. The predicted octanol–water partition coefficient (Wildman–Crippen LogP) is 10.2. The Balaban J connectivity index is 4.25. The standard InChI is InChI=1S/C39H78NO8P/c1-6-8-10-12-14-15-16-17-18-19-20-21-22-23-24-26-28-30-32-39(42)48-37(36-47-49(43,44)46-34-33-40(3,4)5)35-45-38(41)31-29-27-25-13-11-9-7-2/h37H,6-36H2,1-5H3/t37-/m1/s1. The van der Waals surface area contributed by atoms with Crippen molar-refractivity contribution in [2.45, 2.75) is 193 Å². The van der Waals surface area contributed by atoms with E-state index in [0.29, 0.717) is 17.4 Å². The first-order chi connectivity index (χ1) is 23.5. The summed E-state index contributed by atoms with van der Waals surface area (Å²) in [4.78, 5) is 37.2. The molecule has 0 rings (SSSR count). The lowest BCUT2D eigenvalue weighted by Gasteiger charge is -2.28. The van der Waals surface area contributed by atoms with E-state index in [-0.39, 0.29) is 32.0 Å². The first-order valence-electron chi connectivity index (χ1n) is 20.2. The van der Waals surface area contributed by atoms with Gasteiger partial charge in [-0.3, -0.25) is 14.2 Å². The van der Waals surface area contributed by atoms with Crippen molar-refractivity contribution in [1.29, 1.82) is 0 Å². The molecule has 0 aromatic carbocycles. The van der Waals surface area contributed by atoms with Gasteiger partial charge in [0.15, 0.2) is 6.10 Å². The quantitative estimate of drug-likeness (QED) is 0.0270. The number of likely N-dealkylation sites (N-methyl/N-ethyl adjacent to an activating group) is 1. The van der Waals surface area contributed by atoms with Gasteiger partial charge < -0.3 is 27.9 Å². The van der Waals surface area contributed by atoms with Crippen LogP contribution in [-0.2, 0) is 32.7 Å². The molecule has 0 aliphatic heterocycles. The molecule has 1 unspecified atom stereocenters. The van der Waals surface area contributed by atoms with E-state index < -0.39 is 26.5 Å². The number of rotatable bonds is 37. The summed E-state index contributed by atoms with van der Waals surface area (Å²) in [6.45, 7) is 4.19. The molecule has 0 radical (unpaired) electrons. The minimum Gasteiger partial charge on any atom is -0.756 e. The Hall–Kier alpha value is -0.990. The topological polar surface area (TPSA) is 111 Å². The van der Waals surface area contributed by atoms with Gasteiger partial charge in [0.1, 0.15) is 19.8 Å². The highest BCUT2D eigenvalue weighted by molar-refractivity contribution is 7.45. The second-order valence-electron chi connectivity index (χ2n) is 15.0. The number of carbonyl (C=O) groups excluding carboxylic acids is 2. The molecule has 0 heterocycles. The molecule has 0 aromatic rings. The molecule has 0 N–H and O–H groups in total. The summed E-state index contributed by atoms with van der Waals surface area (Å²) in [6, 6.07) is 0. The molecule has 0 saturated carbocycles. The number of unbranched alkanes of at least 4 members (excludes halogenated alkanes) is 23. The van der Waals surface area contributed by atoms with Gasteiger partial charge in [-0.2, -0.15) is 0 Å². The van der Waals surface area contributed by atoms with Crippen LogP contribution in [0.25, 0.3) is 0 Å². The van der Waals surface area contributed by atoms with Crippen molar-refractivity contribution in [3.8, 4) is 0 Å². The van der Waals surface area contributed by atoms with Crippen LogP contribution < -0.4 is 4.89 Å². The normalized spacial score (nSPS) is 13.7. The number of ether oxygens (including phenoxy) is 2. The Labute approximate surface area is 302 Å². The summed E-state index contributed by atoms with van der Waals surface area (Å²) in [5.74, 6) is -0.831. The van der Waals surface area contributed by atoms with Crippen molar-refractivity contribution in [2.24, 2.45) is 0 Å². The molecule has 292 valence electrons. The number of phosphoric ester groups is 1. The van der Waals surface area contributed by atoms with Gasteiger partial charge in [0, 0.05) is 12.8 Å². The summed E-state index contributed by atoms with van der Waals surface area (Å²) >= 11 is 0. The Kier molecular flexibility index (Phi) is 32.2. The van der Waals surface area contributed by atoms with E-state index in [9.17, 15) is 19.0 Å². The van der Waals surface area contributed by atoms with E-state index >= 15 is 0 Å². The van der Waals surface area contributed by atoms with Crippen molar-refractivity contribution >= 4 is 19.8 Å². The molecular weight excluding hydrogens is 641 g/mol. The molecule has 0 fully saturated rings. The molecule has 49 heavy (non-hydrogen) atoms. The third-order valence-corrected chi connectivity index (χ3v) is 9.84. The van der Waals surface area contributed by atoms with Crippen LogP contribution >= 0.6 is 7.82 Å². The number of nitrogens with zero attached hydrogens (tertiary/aromatic N) is 1. The zero-order chi connectivity index (χ0) is 36.5. The Morgan fingerprint density at radius 1 is 0.551 bits per heavy atom. The van der Waals surface area contributed by atoms with E-state index in [1.54, 1.807) is 0 Å². The summed E-state index contributed by atoms with van der Waals surface area (Å²) in [7, 11) is 1.18. The third kappa shape index (κ3) is 36.6. The lowest BCUT2D eigenvalue weighted by molar-refractivity contribution is -0.870. The van der Waals surface area contributed by atoms with Crippen LogP contribution in [0, 0.1) is 0 Å². The largest absolute Gasteiger partial charge is 0.756 e. The van der Waals surface area contributed by atoms with Crippen LogP contribution in [-0.4, -0.2) is 70.0 Å². The van der Waals surface area contributed by atoms with E-state index in [2.05, 4.69) is 13.8 Å². The summed E-state index contributed by atoms with van der Waals surface area (Å²) in [5.41, 5.74) is 0. The Bertz CT molecular complexity index is 819. The Morgan fingerprint density at radius 2 is 0.918 bits per heavy atom. The van der Waals surface area contributed by atoms with Crippen LogP contribution in [0.3, 0.4) is 0 Å². The van der Waals surface area contributed by atoms with Crippen LogP contribution in [0.4, 0.5) is 0 Å². The fourth-order valence-corrected chi connectivity index (χ4v) is 6.38. The van der Waals surface area contributed by atoms with E-state index in [0.717, 1.165) is 32.1 Å². The highest BCUT2D eigenvalue weighted by Gasteiger charge is 2.21. The highest BCUT2D eigenvalue weighted by atomic mass is 31.2. The molecule has 10 heteroatoms. The SMILES string of the molecule is CCCCCCCCCCCCCCCCCCCCC(=O)O[C@H](COC(=O)CCCCCCCCC)COP(=O)([O-])OCC[N+](C)(C)C. The van der Waals surface area contributed by atoms with Gasteiger partial charge in [-0.05, 0) is 12.8 Å². The van der Waals surface area contributed by atoms with Gasteiger partial charge in [0.25, 0.3) is 7.82 Å². The predicted molar refractivity (Wildman–Crippen MR) is 199 cm³/mol. The zero-order valence-corrected chi connectivity index (χ0v) is 33.6. The second-order valence-corrected chi connectivity index (χ2v) is 16.4. The van der Waals surface area contributed by atoms with Crippen LogP contribution in [0.1, 0.15) is 187 Å². The zero-order valence-electron chi connectivity index (χ0n) is 32.7. The summed E-state index contributed by atoms with van der Waals surface area (Å²) < 4.78 is 33.7. The number of carbonyl (C=O) groups is 2. The minimum absolute atomic E-state index is 0.0263. The van der Waals surface area contributed by atoms with E-state index in [1.165, 1.54) is 122 Å². The number of hydrogen-bond donors (Lipinski definition) is 0. The second kappa shape index (κ2) is 32.9. The first-order valence-corrected chi connectivity index (χ1v) is 21.7. The van der Waals surface area contributed by atoms with Crippen LogP contribution in [0.5, 0.6) is 0 Å². The maximum absolute atomic E-state index is 12.6. The molecule has 0 bridgehead atoms. The fourth-order valence-electron chi connectivity index (χ4n) is 5.65. The summed E-state index contributed by atoms with van der Waals surface area (Å²) in [5, 5.41) is 0. The maximum Gasteiger partial charge on any atom is 0.306 e. The van der Waals surface area contributed by atoms with Crippen molar-refractivity contribution in [3.63, 3.8) is 0 Å². The lowest BCUT2D eigenvalue weighted by atomic mass is 10.0. The monoisotopic (exact) mass is 720 g/mol.